The van der Waals surface area contributed by atoms with Gasteiger partial charge in [0, 0.05) is 42.6 Å². The molecule has 4 aliphatic rings. The van der Waals surface area contributed by atoms with E-state index in [1.807, 2.05) is 42.5 Å². The molecule has 3 unspecified atom stereocenters. The first-order valence-electron chi connectivity index (χ1n) is 16.5. The van der Waals surface area contributed by atoms with E-state index in [1.165, 1.54) is 0 Å². The molecule has 0 radical (unpaired) electrons. The van der Waals surface area contributed by atoms with E-state index < -0.39 is 12.1 Å². The Morgan fingerprint density at radius 1 is 0.920 bits per heavy atom. The Balaban J connectivity index is 1.10. The number of carbonyl (C=O) groups excluding carboxylic acids is 2. The number of methoxy groups -OCH3 is 3. The van der Waals surface area contributed by atoms with Gasteiger partial charge in [0.15, 0.2) is 23.9 Å². The molecular weight excluding hydrogens is 681 g/mol. The van der Waals surface area contributed by atoms with Gasteiger partial charge in [0.2, 0.25) is 0 Å². The number of anilines is 1. The van der Waals surface area contributed by atoms with Gasteiger partial charge in [-0.3, -0.25) is 9.80 Å². The molecule has 1 N–H and O–H groups in total. The number of amides is 1. The molecule has 260 valence electrons. The van der Waals surface area contributed by atoms with Crippen LogP contribution >= 0.6 is 23.2 Å². The normalized spacial score (nSPS) is 21.9. The number of nitrogens with one attached hydrogen (secondary N) is 1. The van der Waals surface area contributed by atoms with E-state index in [0.29, 0.717) is 61.5 Å². The lowest BCUT2D eigenvalue weighted by Crippen LogP contribution is -2.42. The smallest absolute Gasteiger partial charge is 0.415 e. The number of ether oxygens (including phenoxy) is 5. The predicted molar refractivity (Wildman–Crippen MR) is 187 cm³/mol. The van der Waals surface area contributed by atoms with Gasteiger partial charge in [-0.2, -0.15) is 0 Å². The summed E-state index contributed by atoms with van der Waals surface area (Å²) in [5, 5.41) is 0.830. The molecule has 1 aromatic heterocycles. The van der Waals surface area contributed by atoms with Gasteiger partial charge in [-0.05, 0) is 72.6 Å². The Bertz CT molecular complexity index is 1860. The monoisotopic (exact) mass is 718 g/mol. The van der Waals surface area contributed by atoms with Crippen molar-refractivity contribution in [2.45, 2.75) is 31.1 Å². The summed E-state index contributed by atoms with van der Waals surface area (Å²) in [6.45, 7) is 3.10. The number of nitrogens with zero attached hydrogens (tertiary/aromatic N) is 2. The van der Waals surface area contributed by atoms with E-state index in [9.17, 15) is 9.59 Å². The minimum atomic E-state index is -0.757. The Morgan fingerprint density at radius 3 is 2.24 bits per heavy atom. The number of rotatable bonds is 12. The number of fused-ring (bicyclic) bond motifs is 1. The predicted octanol–water partition coefficient (Wildman–Crippen LogP) is 6.82. The molecule has 4 bridgehead atoms. The van der Waals surface area contributed by atoms with E-state index in [-0.39, 0.29) is 24.7 Å². The third-order valence-corrected chi connectivity index (χ3v) is 10.8. The molecule has 50 heavy (non-hydrogen) atoms. The van der Waals surface area contributed by atoms with Crippen molar-refractivity contribution in [1.29, 1.82) is 0 Å². The van der Waals surface area contributed by atoms with E-state index in [4.69, 9.17) is 46.9 Å². The molecule has 8 rings (SSSR count). The summed E-state index contributed by atoms with van der Waals surface area (Å²) in [4.78, 5) is 34.4. The molecular formula is C38H38Cl2N3O7+. The average Bonchev–Trinajstić information content (AvgIpc) is 3.63. The highest BCUT2D eigenvalue weighted by Crippen LogP contribution is 2.63. The number of pyridine rings is 1. The van der Waals surface area contributed by atoms with Gasteiger partial charge in [0.1, 0.15) is 27.5 Å². The molecule has 3 saturated heterocycles. The molecule has 4 aromatic rings. The number of aromatic amines is 1. The van der Waals surface area contributed by atoms with E-state index >= 15 is 0 Å². The number of halogens is 2. The van der Waals surface area contributed by atoms with Crippen LogP contribution < -0.4 is 24.1 Å². The van der Waals surface area contributed by atoms with Crippen LogP contribution in [0.25, 0.3) is 0 Å². The standard InChI is InChI=1S/C38H37Cl2N3O7/c1-46-27-11-9-26(10-12-27)43(37(45)50-38-22-42-15-14-29(38)30(38)21-42)20-23-4-6-24(7-5-23)36(44)49-34(17-28-31(39)18-41-19-32(28)40)25-8-13-33(47-2)35(16-25)48-3/h4-13,16,18-19,29-30,34H,14-15,17,20-22H2,1-3H3/p+1/t29?,30?,34-,38-/m1/s1. The maximum atomic E-state index is 13.8. The molecule has 1 aliphatic carbocycles. The lowest BCUT2D eigenvalue weighted by atomic mass is 10.0. The average molecular weight is 720 g/mol. The van der Waals surface area contributed by atoms with Gasteiger partial charge in [0.05, 0.1) is 33.4 Å². The van der Waals surface area contributed by atoms with Gasteiger partial charge < -0.3 is 23.7 Å². The van der Waals surface area contributed by atoms with Crippen LogP contribution in [-0.4, -0.2) is 63.5 Å². The van der Waals surface area contributed by atoms with Crippen molar-refractivity contribution in [3.05, 3.63) is 111 Å². The Kier molecular flexibility index (Phi) is 9.52. The molecule has 12 heteroatoms. The van der Waals surface area contributed by atoms with Crippen LogP contribution in [0.2, 0.25) is 10.0 Å². The Morgan fingerprint density at radius 2 is 1.64 bits per heavy atom. The van der Waals surface area contributed by atoms with Gasteiger partial charge in [-0.15, -0.1) is 0 Å². The van der Waals surface area contributed by atoms with Crippen LogP contribution in [0, 0.1) is 11.8 Å². The lowest BCUT2D eigenvalue weighted by molar-refractivity contribution is -0.377. The number of H-pyrrole nitrogens is 1. The van der Waals surface area contributed by atoms with E-state index in [0.717, 1.165) is 31.6 Å². The number of aromatic nitrogens is 1. The minimum absolute atomic E-state index is 0.214. The van der Waals surface area contributed by atoms with E-state index in [2.05, 4.69) is 9.88 Å². The molecule has 3 aromatic carbocycles. The summed E-state index contributed by atoms with van der Waals surface area (Å²) >= 11 is 13.0. The maximum absolute atomic E-state index is 13.8. The number of esters is 1. The van der Waals surface area contributed by atoms with Crippen molar-refractivity contribution in [2.75, 3.05) is 45.9 Å². The molecule has 1 saturated carbocycles. The summed E-state index contributed by atoms with van der Waals surface area (Å²) in [6, 6.07) is 19.7. The SMILES string of the molecule is COc1ccc(N(Cc2ccc(C(=O)O[C@H](Cc3c(Cl)c[nH+]cc3Cl)c3ccc(OC)c(OC)c3)cc2)C(=O)O[C@]23CN4CCC2C3C4)cc1. The van der Waals surface area contributed by atoms with Gasteiger partial charge in [0.25, 0.3) is 0 Å². The van der Waals surface area contributed by atoms with Crippen molar-refractivity contribution in [3.8, 4) is 17.2 Å². The molecule has 4 heterocycles. The summed E-state index contributed by atoms with van der Waals surface area (Å²) in [7, 11) is 4.70. The molecule has 10 nitrogen and oxygen atoms in total. The zero-order valence-corrected chi connectivity index (χ0v) is 29.5. The first-order valence-corrected chi connectivity index (χ1v) is 17.2. The first-order chi connectivity index (χ1) is 24.2. The second kappa shape index (κ2) is 14.0. The van der Waals surface area contributed by atoms with Crippen molar-refractivity contribution in [2.24, 2.45) is 11.8 Å². The van der Waals surface area contributed by atoms with Crippen molar-refractivity contribution >= 4 is 41.0 Å². The number of hydrogen-bond donors (Lipinski definition) is 0. The van der Waals surface area contributed by atoms with E-state index in [1.54, 1.807) is 62.9 Å². The maximum Gasteiger partial charge on any atom is 0.415 e. The third-order valence-electron chi connectivity index (χ3n) is 10.1. The van der Waals surface area contributed by atoms with Crippen LogP contribution in [0.5, 0.6) is 17.2 Å². The lowest BCUT2D eigenvalue weighted by Gasteiger charge is -2.31. The highest BCUT2D eigenvalue weighted by atomic mass is 35.5. The first kappa shape index (κ1) is 34.0. The quantitative estimate of drug-likeness (QED) is 0.147. The van der Waals surface area contributed by atoms with Crippen LogP contribution in [0.3, 0.4) is 0 Å². The van der Waals surface area contributed by atoms with Crippen molar-refractivity contribution < 1.29 is 38.3 Å². The van der Waals surface area contributed by atoms with Gasteiger partial charge >= 0.3 is 12.1 Å². The highest BCUT2D eigenvalue weighted by molar-refractivity contribution is 6.35. The molecule has 3 aliphatic heterocycles. The fourth-order valence-corrected chi connectivity index (χ4v) is 7.94. The number of carbonyl (C=O) groups is 2. The van der Waals surface area contributed by atoms with Crippen LogP contribution in [0.1, 0.15) is 39.6 Å². The fourth-order valence-electron chi connectivity index (χ4n) is 7.41. The van der Waals surface area contributed by atoms with Gasteiger partial charge in [-0.25, -0.2) is 14.6 Å². The van der Waals surface area contributed by atoms with Crippen molar-refractivity contribution in [3.63, 3.8) is 0 Å². The second-order valence-electron chi connectivity index (χ2n) is 12.9. The fraction of sp³-hybridized carbons (Fsp3) is 0.342. The molecule has 4 fully saturated rings. The third kappa shape index (κ3) is 6.55. The molecule has 1 amide bonds. The summed E-state index contributed by atoms with van der Waals surface area (Å²) in [5.41, 5.74) is 2.75. The zero-order valence-electron chi connectivity index (χ0n) is 28.0. The number of hydrogen-bond acceptors (Lipinski definition) is 8. The topological polar surface area (TPSA) is 101 Å². The zero-order chi connectivity index (χ0) is 35.0. The summed E-state index contributed by atoms with van der Waals surface area (Å²) in [6.07, 6.45) is 3.38. The van der Waals surface area contributed by atoms with Crippen LogP contribution in [0.4, 0.5) is 10.5 Å². The van der Waals surface area contributed by atoms with Crippen LogP contribution in [-0.2, 0) is 22.4 Å². The summed E-state index contributed by atoms with van der Waals surface area (Å²) < 4.78 is 28.7. The minimum Gasteiger partial charge on any atom is -0.497 e. The van der Waals surface area contributed by atoms with Crippen molar-refractivity contribution in [1.82, 2.24) is 4.90 Å². The second-order valence-corrected chi connectivity index (χ2v) is 13.7. The number of piperidine rings is 3. The Labute approximate surface area is 300 Å². The largest absolute Gasteiger partial charge is 0.497 e. The molecule has 5 atom stereocenters. The van der Waals surface area contributed by atoms with Gasteiger partial charge in [-0.1, -0.05) is 41.4 Å². The molecule has 0 spiro atoms. The summed E-state index contributed by atoms with van der Waals surface area (Å²) in [5.74, 6) is 2.03. The van der Waals surface area contributed by atoms with Crippen LogP contribution in [0.15, 0.2) is 79.1 Å². The highest BCUT2D eigenvalue weighted by Gasteiger charge is 2.74. The Hall–Kier alpha value is -4.51. The number of benzene rings is 3.